The summed E-state index contributed by atoms with van der Waals surface area (Å²) in [5, 5.41) is 5.34. The maximum absolute atomic E-state index is 11.9. The van der Waals surface area contributed by atoms with Crippen LogP contribution in [0.25, 0.3) is 0 Å². The third-order valence-corrected chi connectivity index (χ3v) is 3.41. The minimum Gasteiger partial charge on any atom is -0.497 e. The third kappa shape index (κ3) is 5.30. The van der Waals surface area contributed by atoms with Crippen molar-refractivity contribution in [2.45, 2.75) is 6.42 Å². The van der Waals surface area contributed by atoms with Gasteiger partial charge in [0.05, 0.1) is 7.11 Å². The summed E-state index contributed by atoms with van der Waals surface area (Å²) >= 11 is 5.81. The van der Waals surface area contributed by atoms with Crippen molar-refractivity contribution < 1.29 is 14.3 Å². The highest BCUT2D eigenvalue weighted by Gasteiger charge is 2.09. The van der Waals surface area contributed by atoms with Crippen LogP contribution in [-0.4, -0.2) is 25.6 Å². The smallest absolute Gasteiger partial charge is 0.321 e. The number of benzene rings is 2. The second-order valence-corrected chi connectivity index (χ2v) is 5.25. The molecule has 120 valence electrons. The number of hydrogen-bond acceptors (Lipinski definition) is 3. The van der Waals surface area contributed by atoms with E-state index in [4.69, 9.17) is 16.3 Å². The number of halogens is 1. The molecule has 2 aromatic rings. The lowest BCUT2D eigenvalue weighted by Crippen LogP contribution is -2.40. The van der Waals surface area contributed by atoms with Crippen LogP contribution in [0, 0.1) is 0 Å². The van der Waals surface area contributed by atoms with Crippen LogP contribution in [-0.2, 0) is 6.42 Å². The molecule has 0 heterocycles. The molecule has 3 amide bonds. The van der Waals surface area contributed by atoms with Crippen molar-refractivity contribution in [1.82, 2.24) is 10.6 Å². The lowest BCUT2D eigenvalue weighted by molar-refractivity contribution is 0.0964. The molecule has 0 saturated heterocycles. The monoisotopic (exact) mass is 332 g/mol. The second-order valence-electron chi connectivity index (χ2n) is 4.82. The van der Waals surface area contributed by atoms with E-state index < -0.39 is 11.9 Å². The molecular formula is C17H17ClN2O3. The van der Waals surface area contributed by atoms with Crippen molar-refractivity contribution in [3.8, 4) is 5.75 Å². The summed E-state index contributed by atoms with van der Waals surface area (Å²) in [5.74, 6) is 0.293. The van der Waals surface area contributed by atoms with E-state index in [-0.39, 0.29) is 0 Å². The van der Waals surface area contributed by atoms with Crippen LogP contribution in [0.2, 0.25) is 5.02 Å². The molecule has 0 spiro atoms. The van der Waals surface area contributed by atoms with Gasteiger partial charge in [-0.05, 0) is 42.3 Å². The quantitative estimate of drug-likeness (QED) is 0.884. The highest BCUT2D eigenvalue weighted by atomic mass is 35.5. The predicted octanol–water partition coefficient (Wildman–Crippen LogP) is 3.03. The van der Waals surface area contributed by atoms with Gasteiger partial charge in [-0.15, -0.1) is 0 Å². The summed E-state index contributed by atoms with van der Waals surface area (Å²) < 4.78 is 5.08. The number of rotatable bonds is 5. The summed E-state index contributed by atoms with van der Waals surface area (Å²) in [5.41, 5.74) is 1.40. The van der Waals surface area contributed by atoms with Crippen LogP contribution >= 0.6 is 11.6 Å². The van der Waals surface area contributed by atoms with Gasteiger partial charge in [-0.25, -0.2) is 4.79 Å². The van der Waals surface area contributed by atoms with Gasteiger partial charge in [0.15, 0.2) is 0 Å². The van der Waals surface area contributed by atoms with Crippen molar-refractivity contribution in [3.63, 3.8) is 0 Å². The number of hydrogen-bond donors (Lipinski definition) is 2. The van der Waals surface area contributed by atoms with E-state index in [9.17, 15) is 9.59 Å². The predicted molar refractivity (Wildman–Crippen MR) is 89.0 cm³/mol. The molecule has 6 heteroatoms. The summed E-state index contributed by atoms with van der Waals surface area (Å²) in [6.07, 6.45) is 0.656. The molecule has 0 fully saturated rings. The Labute approximate surface area is 139 Å². The molecule has 0 aliphatic heterocycles. The molecule has 23 heavy (non-hydrogen) atoms. The average molecular weight is 333 g/mol. The summed E-state index contributed by atoms with van der Waals surface area (Å²) in [6, 6.07) is 13.4. The zero-order valence-electron chi connectivity index (χ0n) is 12.6. The Hall–Kier alpha value is -2.53. The number of imide groups is 1. The Morgan fingerprint density at radius 2 is 1.87 bits per heavy atom. The molecule has 0 bridgehead atoms. The molecular weight excluding hydrogens is 316 g/mol. The highest BCUT2D eigenvalue weighted by molar-refractivity contribution is 6.31. The first-order valence-corrected chi connectivity index (χ1v) is 7.44. The van der Waals surface area contributed by atoms with Gasteiger partial charge in [-0.2, -0.15) is 0 Å². The number of urea groups is 1. The molecule has 2 N–H and O–H groups in total. The first kappa shape index (κ1) is 16.8. The van der Waals surface area contributed by atoms with E-state index in [0.29, 0.717) is 23.6 Å². The van der Waals surface area contributed by atoms with E-state index in [0.717, 1.165) is 11.3 Å². The van der Waals surface area contributed by atoms with Crippen LogP contribution < -0.4 is 15.4 Å². The van der Waals surface area contributed by atoms with Crippen LogP contribution in [0.1, 0.15) is 15.9 Å². The first-order valence-electron chi connectivity index (χ1n) is 7.06. The first-order chi connectivity index (χ1) is 11.1. The minimum absolute atomic E-state index is 0.336. The molecule has 5 nitrogen and oxygen atoms in total. The zero-order chi connectivity index (χ0) is 16.7. The van der Waals surface area contributed by atoms with Gasteiger partial charge in [0, 0.05) is 17.1 Å². The lowest BCUT2D eigenvalue weighted by atomic mass is 10.1. The molecule has 0 saturated carbocycles. The van der Waals surface area contributed by atoms with Crippen LogP contribution in [0.3, 0.4) is 0 Å². The third-order valence-electron chi connectivity index (χ3n) is 3.17. The minimum atomic E-state index is -0.538. The zero-order valence-corrected chi connectivity index (χ0v) is 13.4. The topological polar surface area (TPSA) is 67.4 Å². The van der Waals surface area contributed by atoms with E-state index in [1.165, 1.54) is 6.07 Å². The summed E-state index contributed by atoms with van der Waals surface area (Å²) in [4.78, 5) is 23.6. The molecule has 2 rings (SSSR count). The number of nitrogens with one attached hydrogen (secondary N) is 2. The van der Waals surface area contributed by atoms with Gasteiger partial charge in [-0.1, -0.05) is 29.8 Å². The Morgan fingerprint density at radius 1 is 1.13 bits per heavy atom. The standard InChI is InChI=1S/C17H17ClN2O3/c1-23-15-7-5-12(6-8-15)9-10-19-17(22)20-16(21)13-3-2-4-14(18)11-13/h2-8,11H,9-10H2,1H3,(H2,19,20,21,22). The number of ether oxygens (including phenoxy) is 1. The Kier molecular flexibility index (Phi) is 6.00. The lowest BCUT2D eigenvalue weighted by Gasteiger charge is -2.07. The molecule has 0 aliphatic rings. The molecule has 0 aliphatic carbocycles. The van der Waals surface area contributed by atoms with Gasteiger partial charge >= 0.3 is 6.03 Å². The van der Waals surface area contributed by atoms with Crippen LogP contribution in [0.5, 0.6) is 5.75 Å². The summed E-state index contributed by atoms with van der Waals surface area (Å²) in [6.45, 7) is 0.418. The van der Waals surface area contributed by atoms with Crippen LogP contribution in [0.15, 0.2) is 48.5 Å². The normalized spacial score (nSPS) is 10.0. The van der Waals surface area contributed by atoms with E-state index in [1.807, 2.05) is 24.3 Å². The van der Waals surface area contributed by atoms with E-state index >= 15 is 0 Å². The molecule has 0 aromatic heterocycles. The SMILES string of the molecule is COc1ccc(CCNC(=O)NC(=O)c2cccc(Cl)c2)cc1. The number of carbonyl (C=O) groups excluding carboxylic acids is 2. The Bertz CT molecular complexity index is 686. The van der Waals surface area contributed by atoms with Gasteiger partial charge < -0.3 is 10.1 Å². The fourth-order valence-corrected chi connectivity index (χ4v) is 2.15. The fourth-order valence-electron chi connectivity index (χ4n) is 1.96. The Morgan fingerprint density at radius 3 is 2.52 bits per heavy atom. The number of amides is 3. The Balaban J connectivity index is 1.77. The van der Waals surface area contributed by atoms with Crippen molar-refractivity contribution in [3.05, 3.63) is 64.7 Å². The molecule has 0 radical (unpaired) electrons. The second kappa shape index (κ2) is 8.19. The number of methoxy groups -OCH3 is 1. The largest absolute Gasteiger partial charge is 0.497 e. The van der Waals surface area contributed by atoms with E-state index in [2.05, 4.69) is 10.6 Å². The van der Waals surface area contributed by atoms with E-state index in [1.54, 1.807) is 25.3 Å². The highest BCUT2D eigenvalue weighted by Crippen LogP contribution is 2.11. The van der Waals surface area contributed by atoms with Crippen molar-refractivity contribution in [1.29, 1.82) is 0 Å². The molecule has 2 aromatic carbocycles. The maximum atomic E-state index is 11.9. The summed E-state index contributed by atoms with van der Waals surface area (Å²) in [7, 11) is 1.61. The van der Waals surface area contributed by atoms with Crippen molar-refractivity contribution >= 4 is 23.5 Å². The van der Waals surface area contributed by atoms with Gasteiger partial charge in [-0.3, -0.25) is 10.1 Å². The maximum Gasteiger partial charge on any atom is 0.321 e. The van der Waals surface area contributed by atoms with Gasteiger partial charge in [0.25, 0.3) is 5.91 Å². The van der Waals surface area contributed by atoms with Gasteiger partial charge in [0.1, 0.15) is 5.75 Å². The van der Waals surface area contributed by atoms with Crippen molar-refractivity contribution in [2.24, 2.45) is 0 Å². The number of carbonyl (C=O) groups is 2. The van der Waals surface area contributed by atoms with Crippen LogP contribution in [0.4, 0.5) is 4.79 Å². The van der Waals surface area contributed by atoms with Crippen molar-refractivity contribution in [2.75, 3.05) is 13.7 Å². The fraction of sp³-hybridized carbons (Fsp3) is 0.176. The average Bonchev–Trinajstić information content (AvgIpc) is 2.55. The van der Waals surface area contributed by atoms with Gasteiger partial charge in [0.2, 0.25) is 0 Å². The molecule has 0 atom stereocenters. The molecule has 0 unspecified atom stereocenters.